The van der Waals surface area contributed by atoms with Crippen LogP contribution in [0.4, 0.5) is 15.2 Å². The van der Waals surface area contributed by atoms with Gasteiger partial charge in [-0.2, -0.15) is 5.10 Å². The van der Waals surface area contributed by atoms with Gasteiger partial charge in [-0.25, -0.2) is 14.8 Å². The van der Waals surface area contributed by atoms with E-state index in [0.29, 0.717) is 16.5 Å². The molecule has 3 aromatic rings. The van der Waals surface area contributed by atoms with Crippen LogP contribution in [0.5, 0.6) is 0 Å². The van der Waals surface area contributed by atoms with Gasteiger partial charge in [0.15, 0.2) is 5.13 Å². The number of anilines is 2. The molecule has 0 spiro atoms. The van der Waals surface area contributed by atoms with Gasteiger partial charge in [0, 0.05) is 18.5 Å². The summed E-state index contributed by atoms with van der Waals surface area (Å²) in [5.74, 6) is -1.28. The number of hydrogen-bond acceptors (Lipinski definition) is 5. The maximum absolute atomic E-state index is 14.0. The van der Waals surface area contributed by atoms with Gasteiger partial charge >= 0.3 is 0 Å². The first-order chi connectivity index (χ1) is 12.6. The molecule has 0 aliphatic carbocycles. The summed E-state index contributed by atoms with van der Waals surface area (Å²) in [6.45, 7) is 1.33. The summed E-state index contributed by atoms with van der Waals surface area (Å²) < 4.78 is 14.0. The highest BCUT2D eigenvalue weighted by atomic mass is 32.1. The second-order valence-electron chi connectivity index (χ2n) is 5.14. The van der Waals surface area contributed by atoms with Crippen LogP contribution in [0.25, 0.3) is 0 Å². The van der Waals surface area contributed by atoms with Gasteiger partial charge in [0.05, 0.1) is 17.6 Å². The summed E-state index contributed by atoms with van der Waals surface area (Å²) in [5, 5.41) is 5.78. The molecule has 3 rings (SSSR count). The number of carbonyl (C=O) groups excluding carboxylic acids is 2. The van der Waals surface area contributed by atoms with Gasteiger partial charge in [-0.05, 0) is 24.3 Å². The number of carbonyl (C=O) groups is 2. The molecule has 132 valence electrons. The predicted molar refractivity (Wildman–Crippen MR) is 97.2 cm³/mol. The van der Waals surface area contributed by atoms with E-state index in [0.717, 1.165) is 11.3 Å². The van der Waals surface area contributed by atoms with Gasteiger partial charge in [0.2, 0.25) is 5.91 Å². The van der Waals surface area contributed by atoms with E-state index in [9.17, 15) is 14.0 Å². The number of hydrogen-bond donors (Lipinski definition) is 2. The van der Waals surface area contributed by atoms with Crippen LogP contribution in [-0.2, 0) is 4.79 Å². The molecule has 9 heteroatoms. The Hall–Kier alpha value is -3.33. The molecule has 0 saturated heterocycles. The van der Waals surface area contributed by atoms with E-state index in [1.807, 2.05) is 0 Å². The van der Waals surface area contributed by atoms with Gasteiger partial charge in [0.1, 0.15) is 11.5 Å². The van der Waals surface area contributed by atoms with Gasteiger partial charge in [0.25, 0.3) is 5.91 Å². The third-order valence-corrected chi connectivity index (χ3v) is 4.16. The summed E-state index contributed by atoms with van der Waals surface area (Å²) in [7, 11) is 0. The number of H-pyrrole nitrogens is 1. The Morgan fingerprint density at radius 2 is 2.12 bits per heavy atom. The van der Waals surface area contributed by atoms with E-state index in [1.54, 1.807) is 35.8 Å². The number of aromatic amines is 1. The Morgan fingerprint density at radius 3 is 2.81 bits per heavy atom. The highest BCUT2D eigenvalue weighted by Gasteiger charge is 2.20. The van der Waals surface area contributed by atoms with E-state index in [1.165, 1.54) is 30.2 Å². The molecule has 0 aliphatic heterocycles. The zero-order valence-electron chi connectivity index (χ0n) is 13.6. The minimum absolute atomic E-state index is 0.123. The predicted octanol–water partition coefficient (Wildman–Crippen LogP) is 3.06. The fraction of sp³-hybridized carbons (Fsp3) is 0.0588. The third kappa shape index (κ3) is 3.83. The van der Waals surface area contributed by atoms with E-state index < -0.39 is 11.7 Å². The first-order valence-electron chi connectivity index (χ1n) is 7.54. The highest BCUT2D eigenvalue weighted by molar-refractivity contribution is 7.14. The van der Waals surface area contributed by atoms with E-state index in [-0.39, 0.29) is 11.6 Å². The molecule has 0 atom stereocenters. The largest absolute Gasteiger partial charge is 0.357 e. The maximum atomic E-state index is 14.0. The standard InChI is InChI=1S/C17H14FN5O2S/c1-11(24)23(15-7-3-2-5-13(15)18)17-21-12(10-26-17)9-20-22-16(25)14-6-4-8-19-14/h2-10,19H,1H3,(H,22,25)/b20-9-. The van der Waals surface area contributed by atoms with Crippen molar-refractivity contribution in [3.05, 3.63) is 65.2 Å². The fourth-order valence-electron chi connectivity index (χ4n) is 2.17. The zero-order valence-corrected chi connectivity index (χ0v) is 14.5. The lowest BCUT2D eigenvalue weighted by Gasteiger charge is -2.18. The Kier molecular flexibility index (Phi) is 5.18. The van der Waals surface area contributed by atoms with Gasteiger partial charge in [-0.1, -0.05) is 12.1 Å². The van der Waals surface area contributed by atoms with E-state index >= 15 is 0 Å². The van der Waals surface area contributed by atoms with Crippen molar-refractivity contribution in [2.24, 2.45) is 5.10 Å². The maximum Gasteiger partial charge on any atom is 0.287 e. The smallest absolute Gasteiger partial charge is 0.287 e. The quantitative estimate of drug-likeness (QED) is 0.533. The van der Waals surface area contributed by atoms with Crippen molar-refractivity contribution < 1.29 is 14.0 Å². The molecule has 2 aromatic heterocycles. The Labute approximate surface area is 152 Å². The van der Waals surface area contributed by atoms with Crippen LogP contribution in [0.15, 0.2) is 53.1 Å². The Balaban J connectivity index is 1.75. The normalized spacial score (nSPS) is 10.8. The molecule has 0 radical (unpaired) electrons. The number of hydrazone groups is 1. The summed E-state index contributed by atoms with van der Waals surface area (Å²) in [4.78, 5) is 31.9. The van der Waals surface area contributed by atoms with Crippen molar-refractivity contribution >= 4 is 40.2 Å². The lowest BCUT2D eigenvalue weighted by molar-refractivity contribution is -0.115. The first-order valence-corrected chi connectivity index (χ1v) is 8.42. The van der Waals surface area contributed by atoms with Crippen molar-refractivity contribution in [2.45, 2.75) is 6.92 Å². The summed E-state index contributed by atoms with van der Waals surface area (Å²) in [5.41, 5.74) is 3.29. The monoisotopic (exact) mass is 371 g/mol. The molecular formula is C17H14FN5O2S. The third-order valence-electron chi connectivity index (χ3n) is 3.31. The van der Waals surface area contributed by atoms with Crippen molar-refractivity contribution in [2.75, 3.05) is 4.90 Å². The first kappa shape index (κ1) is 17.5. The average Bonchev–Trinajstić information content (AvgIpc) is 3.29. The second-order valence-corrected chi connectivity index (χ2v) is 5.98. The van der Waals surface area contributed by atoms with Crippen LogP contribution in [0, 0.1) is 5.82 Å². The number of nitrogens with one attached hydrogen (secondary N) is 2. The number of para-hydroxylation sites is 1. The molecule has 26 heavy (non-hydrogen) atoms. The number of rotatable bonds is 5. The van der Waals surface area contributed by atoms with Gasteiger partial charge < -0.3 is 4.98 Å². The van der Waals surface area contributed by atoms with Gasteiger partial charge in [-0.3, -0.25) is 14.5 Å². The topological polar surface area (TPSA) is 90.4 Å². The molecule has 0 unspecified atom stereocenters. The molecule has 2 amide bonds. The molecule has 0 saturated carbocycles. The molecule has 1 aromatic carbocycles. The van der Waals surface area contributed by atoms with Gasteiger partial charge in [-0.15, -0.1) is 11.3 Å². The van der Waals surface area contributed by atoms with E-state index in [2.05, 4.69) is 20.5 Å². The fourth-order valence-corrected chi connectivity index (χ4v) is 3.00. The van der Waals surface area contributed by atoms with Crippen molar-refractivity contribution in [1.29, 1.82) is 0 Å². The second kappa shape index (κ2) is 7.70. The van der Waals surface area contributed by atoms with E-state index in [4.69, 9.17) is 0 Å². The molecule has 0 aliphatic rings. The summed E-state index contributed by atoms with van der Waals surface area (Å²) in [6.07, 6.45) is 2.98. The van der Waals surface area contributed by atoms with Crippen molar-refractivity contribution in [1.82, 2.24) is 15.4 Å². The molecule has 2 N–H and O–H groups in total. The SMILES string of the molecule is CC(=O)N(c1nc(/C=N\NC(=O)c2ccc[nH]2)cs1)c1ccccc1F. The van der Waals surface area contributed by atoms with Crippen LogP contribution >= 0.6 is 11.3 Å². The number of halogens is 1. The van der Waals surface area contributed by atoms with Crippen LogP contribution < -0.4 is 10.3 Å². The Bertz CT molecular complexity index is 952. The molecule has 7 nitrogen and oxygen atoms in total. The van der Waals surface area contributed by atoms with Crippen LogP contribution in [0.3, 0.4) is 0 Å². The minimum Gasteiger partial charge on any atom is -0.357 e. The molecule has 0 fully saturated rings. The number of benzene rings is 1. The minimum atomic E-state index is -0.522. The van der Waals surface area contributed by atoms with Crippen LogP contribution in [0.1, 0.15) is 23.1 Å². The lowest BCUT2D eigenvalue weighted by Crippen LogP contribution is -2.23. The van der Waals surface area contributed by atoms with Crippen LogP contribution in [-0.4, -0.2) is 28.0 Å². The zero-order chi connectivity index (χ0) is 18.5. The molecule has 2 heterocycles. The van der Waals surface area contributed by atoms with Crippen molar-refractivity contribution in [3.8, 4) is 0 Å². The lowest BCUT2D eigenvalue weighted by atomic mass is 10.3. The molecule has 0 bridgehead atoms. The molecular weight excluding hydrogens is 357 g/mol. The van der Waals surface area contributed by atoms with Crippen molar-refractivity contribution in [3.63, 3.8) is 0 Å². The number of thiazole rings is 1. The Morgan fingerprint density at radius 1 is 1.31 bits per heavy atom. The number of amides is 2. The number of aromatic nitrogens is 2. The highest BCUT2D eigenvalue weighted by Crippen LogP contribution is 2.30. The summed E-state index contributed by atoms with van der Waals surface area (Å²) in [6, 6.07) is 9.28. The average molecular weight is 371 g/mol. The number of nitrogens with zero attached hydrogens (tertiary/aromatic N) is 3. The van der Waals surface area contributed by atoms with Crippen LogP contribution in [0.2, 0.25) is 0 Å². The summed E-state index contributed by atoms with van der Waals surface area (Å²) >= 11 is 1.16.